The number of hydrogen-bond donors (Lipinski definition) is 0. The summed E-state index contributed by atoms with van der Waals surface area (Å²) >= 11 is 0. The second-order valence-electron chi connectivity index (χ2n) is 7.96. The standard InChI is InChI=1S/C17H30BN3O3/c1-14-12-20(9-10-22-14)7-6-8-21-13-15(11-19-21)18-23-16(2,3)17(4,5)24-18/h11,13-14H,6-10,12H2,1-5H3. The van der Waals surface area contributed by atoms with Crippen LogP contribution in [0.3, 0.4) is 0 Å². The van der Waals surface area contributed by atoms with Gasteiger partial charge in [-0.2, -0.15) is 5.10 Å². The van der Waals surface area contributed by atoms with Crippen molar-refractivity contribution in [2.75, 3.05) is 26.2 Å². The van der Waals surface area contributed by atoms with Crippen LogP contribution in [0.25, 0.3) is 0 Å². The van der Waals surface area contributed by atoms with Crippen molar-refractivity contribution in [2.24, 2.45) is 0 Å². The minimum atomic E-state index is -0.330. The second-order valence-corrected chi connectivity index (χ2v) is 7.96. The zero-order valence-corrected chi connectivity index (χ0v) is 15.6. The predicted molar refractivity (Wildman–Crippen MR) is 94.4 cm³/mol. The average Bonchev–Trinajstić information content (AvgIpc) is 3.02. The molecule has 1 aromatic heterocycles. The lowest BCUT2D eigenvalue weighted by molar-refractivity contribution is -0.0188. The number of ether oxygens (including phenoxy) is 1. The summed E-state index contributed by atoms with van der Waals surface area (Å²) in [4.78, 5) is 2.47. The van der Waals surface area contributed by atoms with Gasteiger partial charge in [0.1, 0.15) is 0 Å². The molecule has 2 aliphatic rings. The van der Waals surface area contributed by atoms with E-state index in [0.29, 0.717) is 6.10 Å². The lowest BCUT2D eigenvalue weighted by Gasteiger charge is -2.32. The summed E-state index contributed by atoms with van der Waals surface area (Å²) in [6.07, 6.45) is 5.33. The summed E-state index contributed by atoms with van der Waals surface area (Å²) in [7, 11) is -0.330. The minimum absolute atomic E-state index is 0.313. The first-order valence-corrected chi connectivity index (χ1v) is 8.99. The van der Waals surface area contributed by atoms with E-state index >= 15 is 0 Å². The van der Waals surface area contributed by atoms with Crippen molar-refractivity contribution in [1.29, 1.82) is 0 Å². The van der Waals surface area contributed by atoms with E-state index in [1.807, 2.05) is 17.1 Å². The van der Waals surface area contributed by atoms with Gasteiger partial charge in [-0.05, 0) is 41.0 Å². The molecule has 0 N–H and O–H groups in total. The zero-order valence-electron chi connectivity index (χ0n) is 15.6. The van der Waals surface area contributed by atoms with Crippen molar-refractivity contribution in [3.63, 3.8) is 0 Å². The molecule has 0 saturated carbocycles. The fourth-order valence-corrected chi connectivity index (χ4v) is 3.15. The van der Waals surface area contributed by atoms with Gasteiger partial charge in [0.2, 0.25) is 0 Å². The van der Waals surface area contributed by atoms with Crippen LogP contribution in [-0.4, -0.2) is 65.3 Å². The van der Waals surface area contributed by atoms with Gasteiger partial charge in [0.25, 0.3) is 0 Å². The largest absolute Gasteiger partial charge is 0.498 e. The first-order chi connectivity index (χ1) is 11.3. The van der Waals surface area contributed by atoms with E-state index in [1.165, 1.54) is 0 Å². The van der Waals surface area contributed by atoms with Gasteiger partial charge >= 0.3 is 7.12 Å². The van der Waals surface area contributed by atoms with Crippen LogP contribution in [0.15, 0.2) is 12.4 Å². The van der Waals surface area contributed by atoms with Crippen LogP contribution >= 0.6 is 0 Å². The highest BCUT2D eigenvalue weighted by molar-refractivity contribution is 6.61. The van der Waals surface area contributed by atoms with Crippen LogP contribution < -0.4 is 5.46 Å². The summed E-state index contributed by atoms with van der Waals surface area (Å²) in [6, 6.07) is 0. The second kappa shape index (κ2) is 6.79. The molecule has 0 spiro atoms. The number of hydrogen-bond acceptors (Lipinski definition) is 5. The SMILES string of the molecule is CC1CN(CCCn2cc(B3OC(C)(C)C(C)(C)O3)cn2)CCO1. The first-order valence-electron chi connectivity index (χ1n) is 8.99. The van der Waals surface area contributed by atoms with Crippen LogP contribution in [0, 0.1) is 0 Å². The fraction of sp³-hybridized carbons (Fsp3) is 0.824. The molecule has 2 fully saturated rings. The summed E-state index contributed by atoms with van der Waals surface area (Å²) in [6.45, 7) is 15.3. The van der Waals surface area contributed by atoms with Gasteiger partial charge in [0.15, 0.2) is 0 Å². The molecule has 0 bridgehead atoms. The van der Waals surface area contributed by atoms with Crippen molar-refractivity contribution >= 4 is 12.6 Å². The quantitative estimate of drug-likeness (QED) is 0.759. The molecule has 1 unspecified atom stereocenters. The Morgan fingerprint density at radius 1 is 1.21 bits per heavy atom. The molecule has 1 atom stereocenters. The Kier molecular flexibility index (Phi) is 5.07. The van der Waals surface area contributed by atoms with Gasteiger partial charge in [-0.3, -0.25) is 9.58 Å². The third kappa shape index (κ3) is 3.85. The molecular formula is C17H30BN3O3. The van der Waals surface area contributed by atoms with E-state index in [9.17, 15) is 0 Å². The highest BCUT2D eigenvalue weighted by Gasteiger charge is 2.52. The number of aromatic nitrogens is 2. The molecule has 24 heavy (non-hydrogen) atoms. The van der Waals surface area contributed by atoms with Crippen molar-refractivity contribution in [3.8, 4) is 0 Å². The maximum absolute atomic E-state index is 6.08. The Balaban J connectivity index is 1.49. The third-order valence-electron chi connectivity index (χ3n) is 5.37. The maximum Gasteiger partial charge on any atom is 0.498 e. The molecule has 6 nitrogen and oxygen atoms in total. The molecule has 0 radical (unpaired) electrons. The van der Waals surface area contributed by atoms with E-state index < -0.39 is 0 Å². The number of morpholine rings is 1. The molecule has 3 heterocycles. The van der Waals surface area contributed by atoms with Crippen LogP contribution in [0.5, 0.6) is 0 Å². The average molecular weight is 335 g/mol. The zero-order chi connectivity index (χ0) is 17.4. The molecule has 0 aromatic carbocycles. The Bertz CT molecular complexity index is 545. The monoisotopic (exact) mass is 335 g/mol. The van der Waals surface area contributed by atoms with Crippen molar-refractivity contribution in [3.05, 3.63) is 12.4 Å². The summed E-state index contributed by atoms with van der Waals surface area (Å²) < 4.78 is 19.7. The maximum atomic E-state index is 6.08. The van der Waals surface area contributed by atoms with Gasteiger partial charge in [0.05, 0.1) is 23.9 Å². The summed E-state index contributed by atoms with van der Waals surface area (Å²) in [5.41, 5.74) is 0.369. The van der Waals surface area contributed by atoms with E-state index in [2.05, 4.69) is 44.6 Å². The topological polar surface area (TPSA) is 48.8 Å². The lowest BCUT2D eigenvalue weighted by Crippen LogP contribution is -2.41. The van der Waals surface area contributed by atoms with Crippen LogP contribution in [0.2, 0.25) is 0 Å². The Labute approximate surface area is 145 Å². The Morgan fingerprint density at radius 3 is 2.58 bits per heavy atom. The smallest absolute Gasteiger partial charge is 0.399 e. The molecular weight excluding hydrogens is 305 g/mol. The van der Waals surface area contributed by atoms with Crippen molar-refractivity contribution < 1.29 is 14.0 Å². The lowest BCUT2D eigenvalue weighted by atomic mass is 9.82. The molecule has 134 valence electrons. The third-order valence-corrected chi connectivity index (χ3v) is 5.37. The molecule has 0 aliphatic carbocycles. The van der Waals surface area contributed by atoms with Gasteiger partial charge in [-0.25, -0.2) is 0 Å². The van der Waals surface area contributed by atoms with Crippen LogP contribution in [0.4, 0.5) is 0 Å². The first kappa shape index (κ1) is 17.9. The number of aryl methyl sites for hydroxylation is 1. The van der Waals surface area contributed by atoms with Crippen LogP contribution in [0.1, 0.15) is 41.0 Å². The summed E-state index contributed by atoms with van der Waals surface area (Å²) in [5.74, 6) is 0. The van der Waals surface area contributed by atoms with E-state index in [-0.39, 0.29) is 18.3 Å². The van der Waals surface area contributed by atoms with E-state index in [1.54, 1.807) is 0 Å². The van der Waals surface area contributed by atoms with Crippen molar-refractivity contribution in [2.45, 2.75) is 64.9 Å². The Morgan fingerprint density at radius 2 is 1.92 bits per heavy atom. The van der Waals surface area contributed by atoms with Gasteiger partial charge in [0, 0.05) is 44.0 Å². The van der Waals surface area contributed by atoms with E-state index in [0.717, 1.165) is 44.7 Å². The fourth-order valence-electron chi connectivity index (χ4n) is 3.15. The van der Waals surface area contributed by atoms with E-state index in [4.69, 9.17) is 14.0 Å². The molecule has 3 rings (SSSR count). The van der Waals surface area contributed by atoms with Gasteiger partial charge < -0.3 is 14.0 Å². The Hall–Kier alpha value is -0.885. The minimum Gasteiger partial charge on any atom is -0.399 e. The molecule has 2 saturated heterocycles. The molecule has 0 amide bonds. The molecule has 2 aliphatic heterocycles. The number of nitrogens with zero attached hydrogens (tertiary/aromatic N) is 3. The summed E-state index contributed by atoms with van der Waals surface area (Å²) in [5, 5.41) is 4.47. The molecule has 1 aromatic rings. The normalized spacial score (nSPS) is 26.9. The van der Waals surface area contributed by atoms with Gasteiger partial charge in [-0.15, -0.1) is 0 Å². The van der Waals surface area contributed by atoms with Gasteiger partial charge in [-0.1, -0.05) is 0 Å². The molecule has 7 heteroatoms. The number of rotatable bonds is 5. The van der Waals surface area contributed by atoms with Crippen LogP contribution in [-0.2, 0) is 20.6 Å². The highest BCUT2D eigenvalue weighted by atomic mass is 16.7. The van der Waals surface area contributed by atoms with Crippen molar-refractivity contribution in [1.82, 2.24) is 14.7 Å². The predicted octanol–water partition coefficient (Wildman–Crippen LogP) is 1.29. The highest BCUT2D eigenvalue weighted by Crippen LogP contribution is 2.36.